The Labute approximate surface area is 181 Å². The predicted octanol–water partition coefficient (Wildman–Crippen LogP) is 7.70. The summed E-state index contributed by atoms with van der Waals surface area (Å²) in [7, 11) is 0. The van der Waals surface area contributed by atoms with Gasteiger partial charge in [-0.15, -0.1) is 0 Å². The van der Waals surface area contributed by atoms with Crippen LogP contribution < -0.4 is 4.74 Å². The standard InChI is InChI=1S/C24H19F6O2/c1-3-5-13-6-9-15(10-7-13)32-24(29,30)20-17(25)12-18(31)19(23(20)28)16-11-8-14(4-2)21(26)22(16)27/h6-12H,3-5H2,1-2H3. The van der Waals surface area contributed by atoms with Crippen molar-refractivity contribution in [2.75, 3.05) is 0 Å². The van der Waals surface area contributed by atoms with Gasteiger partial charge in [0.15, 0.2) is 23.2 Å². The van der Waals surface area contributed by atoms with Crippen molar-refractivity contribution in [3.63, 3.8) is 0 Å². The van der Waals surface area contributed by atoms with Gasteiger partial charge in [0.2, 0.25) is 0 Å². The van der Waals surface area contributed by atoms with Gasteiger partial charge in [0.05, 0.1) is 5.56 Å². The summed E-state index contributed by atoms with van der Waals surface area (Å²) in [6, 6.07) is 7.58. The number of benzene rings is 3. The highest BCUT2D eigenvalue weighted by atomic mass is 19.3. The first-order valence-electron chi connectivity index (χ1n) is 9.93. The highest BCUT2D eigenvalue weighted by Crippen LogP contribution is 2.43. The van der Waals surface area contributed by atoms with Gasteiger partial charge in [-0.2, -0.15) is 8.78 Å². The molecule has 0 N–H and O–H groups in total. The van der Waals surface area contributed by atoms with E-state index in [-0.39, 0.29) is 23.8 Å². The van der Waals surface area contributed by atoms with Gasteiger partial charge < -0.3 is 4.74 Å². The largest absolute Gasteiger partial charge is 0.432 e. The molecule has 8 heteroatoms. The zero-order chi connectivity index (χ0) is 23.6. The van der Waals surface area contributed by atoms with Gasteiger partial charge in [0.1, 0.15) is 17.1 Å². The number of aryl methyl sites for hydroxylation is 2. The molecule has 0 saturated carbocycles. The van der Waals surface area contributed by atoms with Crippen LogP contribution >= 0.6 is 0 Å². The monoisotopic (exact) mass is 453 g/mol. The molecule has 0 atom stereocenters. The molecule has 0 aromatic heterocycles. The molecule has 3 rings (SSSR count). The minimum atomic E-state index is -4.54. The molecule has 0 bridgehead atoms. The average molecular weight is 453 g/mol. The van der Waals surface area contributed by atoms with E-state index >= 15 is 4.39 Å². The molecule has 0 heterocycles. The van der Waals surface area contributed by atoms with Gasteiger partial charge in [0, 0.05) is 11.6 Å². The SMILES string of the molecule is CCCc1ccc(OC(F)(F)c2c(F)cc([O])c(-c3ccc(CC)c(F)c3F)c2F)cc1. The van der Waals surface area contributed by atoms with Gasteiger partial charge in [-0.3, -0.25) is 5.11 Å². The van der Waals surface area contributed by atoms with Gasteiger partial charge in [-0.05, 0) is 36.1 Å². The molecule has 0 amide bonds. The van der Waals surface area contributed by atoms with E-state index in [0.717, 1.165) is 24.1 Å². The Morgan fingerprint density at radius 1 is 0.875 bits per heavy atom. The summed E-state index contributed by atoms with van der Waals surface area (Å²) < 4.78 is 92.0. The van der Waals surface area contributed by atoms with Crippen LogP contribution in [0, 0.1) is 23.3 Å². The number of ether oxygens (including phenoxy) is 1. The van der Waals surface area contributed by atoms with Crippen LogP contribution in [-0.2, 0) is 24.1 Å². The molecule has 3 aromatic carbocycles. The summed E-state index contributed by atoms with van der Waals surface area (Å²) >= 11 is 0. The van der Waals surface area contributed by atoms with E-state index in [0.29, 0.717) is 6.42 Å². The summed E-state index contributed by atoms with van der Waals surface area (Å²) in [6.07, 6.45) is -2.91. The van der Waals surface area contributed by atoms with E-state index in [4.69, 9.17) is 0 Å². The lowest BCUT2D eigenvalue weighted by atomic mass is 9.97. The van der Waals surface area contributed by atoms with E-state index < -0.39 is 51.8 Å². The Morgan fingerprint density at radius 2 is 1.53 bits per heavy atom. The maximum Gasteiger partial charge on any atom is 0.432 e. The van der Waals surface area contributed by atoms with Gasteiger partial charge in [0.25, 0.3) is 0 Å². The second-order valence-electron chi connectivity index (χ2n) is 7.19. The Morgan fingerprint density at radius 3 is 2.12 bits per heavy atom. The summed E-state index contributed by atoms with van der Waals surface area (Å²) in [4.78, 5) is 0. The molecule has 0 aliphatic heterocycles. The van der Waals surface area contributed by atoms with Crippen LogP contribution in [-0.4, -0.2) is 0 Å². The Hall–Kier alpha value is -3.16. The molecule has 32 heavy (non-hydrogen) atoms. The van der Waals surface area contributed by atoms with E-state index in [1.54, 1.807) is 6.92 Å². The first-order chi connectivity index (χ1) is 15.1. The van der Waals surface area contributed by atoms with Crippen molar-refractivity contribution in [1.82, 2.24) is 0 Å². The Balaban J connectivity index is 2.09. The lowest BCUT2D eigenvalue weighted by Gasteiger charge is -2.21. The van der Waals surface area contributed by atoms with Gasteiger partial charge in [-0.1, -0.05) is 44.5 Å². The number of halogens is 6. The summed E-state index contributed by atoms with van der Waals surface area (Å²) in [5, 5.41) is 12.2. The van der Waals surface area contributed by atoms with E-state index in [1.807, 2.05) is 6.92 Å². The quantitative estimate of drug-likeness (QED) is 0.337. The molecular weight excluding hydrogens is 434 g/mol. The smallest absolute Gasteiger partial charge is 0.429 e. The second kappa shape index (κ2) is 9.14. The van der Waals surface area contributed by atoms with Crippen LogP contribution in [0.3, 0.4) is 0 Å². The minimum Gasteiger partial charge on any atom is -0.429 e. The molecule has 1 radical (unpaired) electrons. The van der Waals surface area contributed by atoms with Crippen molar-refractivity contribution in [3.8, 4) is 22.6 Å². The number of alkyl halides is 2. The highest BCUT2D eigenvalue weighted by Gasteiger charge is 2.43. The topological polar surface area (TPSA) is 29.1 Å². The molecule has 0 aliphatic carbocycles. The molecule has 0 unspecified atom stereocenters. The Bertz CT molecular complexity index is 1130. The zero-order valence-electron chi connectivity index (χ0n) is 17.2. The van der Waals surface area contributed by atoms with Crippen molar-refractivity contribution >= 4 is 0 Å². The van der Waals surface area contributed by atoms with E-state index in [9.17, 15) is 27.1 Å². The first-order valence-corrected chi connectivity index (χ1v) is 9.93. The number of hydrogen-bond donors (Lipinski definition) is 0. The van der Waals surface area contributed by atoms with E-state index in [1.165, 1.54) is 24.3 Å². The van der Waals surface area contributed by atoms with Crippen LogP contribution in [0.25, 0.3) is 11.1 Å². The third-order valence-corrected chi connectivity index (χ3v) is 4.99. The maximum atomic E-state index is 15.0. The van der Waals surface area contributed by atoms with Crippen LogP contribution in [0.15, 0.2) is 42.5 Å². The van der Waals surface area contributed by atoms with Gasteiger partial charge in [-0.25, -0.2) is 17.6 Å². The molecule has 3 aromatic rings. The second-order valence-corrected chi connectivity index (χ2v) is 7.19. The highest BCUT2D eigenvalue weighted by molar-refractivity contribution is 5.73. The third kappa shape index (κ3) is 4.40. The van der Waals surface area contributed by atoms with Crippen molar-refractivity contribution in [2.45, 2.75) is 39.2 Å². The van der Waals surface area contributed by atoms with Crippen LogP contribution in [0.4, 0.5) is 26.3 Å². The van der Waals surface area contributed by atoms with Crippen molar-refractivity contribution in [1.29, 1.82) is 0 Å². The molecular formula is C24H19F6O2. The number of hydrogen-bond acceptors (Lipinski definition) is 1. The molecule has 0 saturated heterocycles. The van der Waals surface area contributed by atoms with Crippen LogP contribution in [0.2, 0.25) is 0 Å². The minimum absolute atomic E-state index is 0.0541. The summed E-state index contributed by atoms with van der Waals surface area (Å²) in [5.74, 6) is -8.60. The molecule has 0 spiro atoms. The Kier molecular flexibility index (Phi) is 6.71. The zero-order valence-corrected chi connectivity index (χ0v) is 17.2. The molecule has 2 nitrogen and oxygen atoms in total. The lowest BCUT2D eigenvalue weighted by molar-refractivity contribution is -0.189. The maximum absolute atomic E-state index is 15.0. The predicted molar refractivity (Wildman–Crippen MR) is 106 cm³/mol. The fourth-order valence-electron chi connectivity index (χ4n) is 3.38. The summed E-state index contributed by atoms with van der Waals surface area (Å²) in [6.45, 7) is 3.48. The fourth-order valence-corrected chi connectivity index (χ4v) is 3.38. The molecule has 169 valence electrons. The van der Waals surface area contributed by atoms with E-state index in [2.05, 4.69) is 4.74 Å². The van der Waals surface area contributed by atoms with Crippen molar-refractivity contribution < 1.29 is 36.2 Å². The third-order valence-electron chi connectivity index (χ3n) is 4.99. The van der Waals surface area contributed by atoms with Crippen LogP contribution in [0.5, 0.6) is 11.5 Å². The van der Waals surface area contributed by atoms with Crippen LogP contribution in [0.1, 0.15) is 37.0 Å². The van der Waals surface area contributed by atoms with Gasteiger partial charge >= 0.3 is 6.11 Å². The molecule has 0 aliphatic rings. The fraction of sp³-hybridized carbons (Fsp3) is 0.250. The molecule has 0 fully saturated rings. The van der Waals surface area contributed by atoms with Crippen molar-refractivity contribution in [2.24, 2.45) is 0 Å². The average Bonchev–Trinajstić information content (AvgIpc) is 2.72. The van der Waals surface area contributed by atoms with Crippen molar-refractivity contribution in [3.05, 3.63) is 82.4 Å². The lowest BCUT2D eigenvalue weighted by Crippen LogP contribution is -2.25. The summed E-state index contributed by atoms with van der Waals surface area (Å²) in [5.41, 5.74) is -3.16. The normalized spacial score (nSPS) is 11.6. The first kappa shape index (κ1) is 23.5. The number of rotatable bonds is 7.